The molecule has 1 atom stereocenters. The molecule has 4 heteroatoms. The van der Waals surface area contributed by atoms with Crippen LogP contribution in [-0.2, 0) is 7.05 Å². The van der Waals surface area contributed by atoms with E-state index in [0.717, 1.165) is 22.0 Å². The molecule has 23 heavy (non-hydrogen) atoms. The molecule has 0 aliphatic heterocycles. The lowest BCUT2D eigenvalue weighted by Gasteiger charge is -2.11. The van der Waals surface area contributed by atoms with Gasteiger partial charge in [-0.25, -0.2) is 0 Å². The van der Waals surface area contributed by atoms with E-state index < -0.39 is 6.10 Å². The Hall–Kier alpha value is -2.59. The number of aliphatic hydroxyl groups is 1. The summed E-state index contributed by atoms with van der Waals surface area (Å²) in [6, 6.07) is 15.3. The topological polar surface area (TPSA) is 54.3 Å². The van der Waals surface area contributed by atoms with E-state index in [0.29, 0.717) is 5.56 Å². The van der Waals surface area contributed by atoms with Crippen LogP contribution in [-0.4, -0.2) is 22.1 Å². The number of aromatic nitrogens is 1. The summed E-state index contributed by atoms with van der Waals surface area (Å²) >= 11 is 0. The van der Waals surface area contributed by atoms with Gasteiger partial charge in [-0.3, -0.25) is 4.79 Å². The number of nitrogens with zero attached hydrogens (tertiary/aromatic N) is 1. The molecule has 0 aliphatic carbocycles. The zero-order chi connectivity index (χ0) is 16.4. The van der Waals surface area contributed by atoms with E-state index >= 15 is 0 Å². The molecule has 0 aliphatic rings. The predicted molar refractivity (Wildman–Crippen MR) is 91.4 cm³/mol. The van der Waals surface area contributed by atoms with E-state index in [9.17, 15) is 9.90 Å². The summed E-state index contributed by atoms with van der Waals surface area (Å²) in [6.45, 7) is 2.13. The van der Waals surface area contributed by atoms with Crippen molar-refractivity contribution in [3.05, 3.63) is 71.4 Å². The summed E-state index contributed by atoms with van der Waals surface area (Å²) in [5, 5.41) is 14.3. The molecule has 0 saturated heterocycles. The van der Waals surface area contributed by atoms with Crippen LogP contribution < -0.4 is 5.32 Å². The van der Waals surface area contributed by atoms with E-state index in [4.69, 9.17) is 0 Å². The third-order valence-electron chi connectivity index (χ3n) is 4.02. The summed E-state index contributed by atoms with van der Waals surface area (Å²) in [5.74, 6) is -0.173. The summed E-state index contributed by atoms with van der Waals surface area (Å²) in [6.07, 6.45) is 1.17. The molecule has 1 unspecified atom stereocenters. The Balaban J connectivity index is 1.74. The van der Waals surface area contributed by atoms with Crippen molar-refractivity contribution >= 4 is 16.8 Å². The second-order valence-corrected chi connectivity index (χ2v) is 5.81. The first-order valence-electron chi connectivity index (χ1n) is 7.63. The van der Waals surface area contributed by atoms with Crippen molar-refractivity contribution in [2.75, 3.05) is 6.54 Å². The maximum atomic E-state index is 12.2. The molecule has 0 spiro atoms. The number of benzene rings is 2. The highest BCUT2D eigenvalue weighted by molar-refractivity contribution is 5.94. The van der Waals surface area contributed by atoms with Crippen molar-refractivity contribution < 1.29 is 9.90 Å². The number of carbonyl (C=O) groups is 1. The number of aryl methyl sites for hydroxylation is 2. The highest BCUT2D eigenvalue weighted by Crippen LogP contribution is 2.25. The number of nitrogens with one attached hydrogen (secondary N) is 1. The molecule has 0 fully saturated rings. The number of rotatable bonds is 4. The average Bonchev–Trinajstić information content (AvgIpc) is 2.90. The molecule has 0 saturated carbocycles. The van der Waals surface area contributed by atoms with Crippen LogP contribution in [0.15, 0.2) is 54.7 Å². The van der Waals surface area contributed by atoms with Gasteiger partial charge in [0.25, 0.3) is 5.91 Å². The first-order chi connectivity index (χ1) is 11.1. The fraction of sp³-hybridized carbons (Fsp3) is 0.211. The van der Waals surface area contributed by atoms with Crippen molar-refractivity contribution in [1.29, 1.82) is 0 Å². The molecule has 1 aromatic heterocycles. The lowest BCUT2D eigenvalue weighted by molar-refractivity contribution is 0.0917. The van der Waals surface area contributed by atoms with Gasteiger partial charge in [0, 0.05) is 41.8 Å². The van der Waals surface area contributed by atoms with Crippen LogP contribution in [0, 0.1) is 6.92 Å². The highest BCUT2D eigenvalue weighted by Gasteiger charge is 2.15. The second kappa shape index (κ2) is 6.26. The first kappa shape index (κ1) is 15.3. The zero-order valence-electron chi connectivity index (χ0n) is 13.3. The number of hydrogen-bond acceptors (Lipinski definition) is 2. The van der Waals surface area contributed by atoms with E-state index in [1.54, 1.807) is 6.07 Å². The number of amides is 1. The van der Waals surface area contributed by atoms with Crippen molar-refractivity contribution in [3.8, 4) is 0 Å². The molecule has 4 nitrogen and oxygen atoms in total. The van der Waals surface area contributed by atoms with Gasteiger partial charge in [0.05, 0.1) is 6.10 Å². The van der Waals surface area contributed by atoms with Gasteiger partial charge in [-0.15, -0.1) is 0 Å². The number of fused-ring (bicyclic) bond motifs is 1. The number of hydrogen-bond donors (Lipinski definition) is 2. The molecule has 0 radical (unpaired) electrons. The molecule has 2 aromatic carbocycles. The van der Waals surface area contributed by atoms with Crippen LogP contribution in [0.25, 0.3) is 10.9 Å². The molecule has 2 N–H and O–H groups in total. The molecule has 1 amide bonds. The summed E-state index contributed by atoms with van der Waals surface area (Å²) in [4.78, 5) is 12.2. The van der Waals surface area contributed by atoms with Crippen LogP contribution in [0.2, 0.25) is 0 Å². The van der Waals surface area contributed by atoms with E-state index in [1.165, 1.54) is 0 Å². The molecule has 1 heterocycles. The standard InChI is InChI=1S/C19H20N2O2/c1-13-6-5-7-14(10-13)19(23)20-11-18(22)16-12-21(2)17-9-4-3-8-15(16)17/h3-10,12,18,22H,11H2,1-2H3,(H,20,23). The van der Waals surface area contributed by atoms with Crippen molar-refractivity contribution in [2.45, 2.75) is 13.0 Å². The molecule has 3 rings (SSSR count). The summed E-state index contributed by atoms with van der Waals surface area (Å²) < 4.78 is 1.98. The van der Waals surface area contributed by atoms with Crippen LogP contribution in [0.5, 0.6) is 0 Å². The number of aliphatic hydroxyl groups excluding tert-OH is 1. The van der Waals surface area contributed by atoms with Gasteiger partial charge in [0.2, 0.25) is 0 Å². The monoisotopic (exact) mass is 308 g/mol. The quantitative estimate of drug-likeness (QED) is 0.778. The lowest BCUT2D eigenvalue weighted by Crippen LogP contribution is -2.28. The van der Waals surface area contributed by atoms with E-state index in [-0.39, 0.29) is 12.5 Å². The van der Waals surface area contributed by atoms with Crippen LogP contribution >= 0.6 is 0 Å². The summed E-state index contributed by atoms with van der Waals surface area (Å²) in [5.41, 5.74) is 3.53. The van der Waals surface area contributed by atoms with Gasteiger partial charge in [-0.2, -0.15) is 0 Å². The highest BCUT2D eigenvalue weighted by atomic mass is 16.3. The van der Waals surface area contributed by atoms with Gasteiger partial charge < -0.3 is 15.0 Å². The number of para-hydroxylation sites is 1. The van der Waals surface area contributed by atoms with Gasteiger partial charge in [0.1, 0.15) is 0 Å². The third-order valence-corrected chi connectivity index (χ3v) is 4.02. The third kappa shape index (κ3) is 3.12. The first-order valence-corrected chi connectivity index (χ1v) is 7.63. The van der Waals surface area contributed by atoms with Crippen molar-refractivity contribution in [2.24, 2.45) is 7.05 Å². The van der Waals surface area contributed by atoms with Gasteiger partial charge in [-0.1, -0.05) is 35.9 Å². The minimum absolute atomic E-state index is 0.173. The average molecular weight is 308 g/mol. The second-order valence-electron chi connectivity index (χ2n) is 5.81. The zero-order valence-corrected chi connectivity index (χ0v) is 13.3. The SMILES string of the molecule is Cc1cccc(C(=O)NCC(O)c2cn(C)c3ccccc23)c1. The minimum atomic E-state index is -0.741. The summed E-state index contributed by atoms with van der Waals surface area (Å²) in [7, 11) is 1.95. The molecule has 3 aromatic rings. The van der Waals surface area contributed by atoms with Crippen LogP contribution in [0.3, 0.4) is 0 Å². The van der Waals surface area contributed by atoms with Crippen molar-refractivity contribution in [3.63, 3.8) is 0 Å². The normalized spacial score (nSPS) is 12.3. The van der Waals surface area contributed by atoms with Crippen molar-refractivity contribution in [1.82, 2.24) is 9.88 Å². The van der Waals surface area contributed by atoms with E-state index in [2.05, 4.69) is 5.32 Å². The Morgan fingerprint density at radius 3 is 2.78 bits per heavy atom. The number of carbonyl (C=O) groups excluding carboxylic acids is 1. The largest absolute Gasteiger partial charge is 0.386 e. The fourth-order valence-corrected chi connectivity index (χ4v) is 2.83. The van der Waals surface area contributed by atoms with E-state index in [1.807, 2.05) is 67.2 Å². The minimum Gasteiger partial charge on any atom is -0.386 e. The Morgan fingerprint density at radius 1 is 1.22 bits per heavy atom. The Labute approximate surface area is 135 Å². The van der Waals surface area contributed by atoms with Gasteiger partial charge >= 0.3 is 0 Å². The van der Waals surface area contributed by atoms with Crippen LogP contribution in [0.4, 0.5) is 0 Å². The Morgan fingerprint density at radius 2 is 2.00 bits per heavy atom. The Kier molecular flexibility index (Phi) is 4.17. The Bertz CT molecular complexity index is 851. The lowest BCUT2D eigenvalue weighted by atomic mass is 10.1. The molecular weight excluding hydrogens is 288 g/mol. The maximum Gasteiger partial charge on any atom is 0.251 e. The molecule has 118 valence electrons. The molecular formula is C19H20N2O2. The van der Waals surface area contributed by atoms with Crippen LogP contribution in [0.1, 0.15) is 27.6 Å². The fourth-order valence-electron chi connectivity index (χ4n) is 2.83. The smallest absolute Gasteiger partial charge is 0.251 e. The van der Waals surface area contributed by atoms with Gasteiger partial charge in [-0.05, 0) is 25.1 Å². The molecule has 0 bridgehead atoms. The maximum absolute atomic E-state index is 12.2. The van der Waals surface area contributed by atoms with Gasteiger partial charge in [0.15, 0.2) is 0 Å². The predicted octanol–water partition coefficient (Wildman–Crippen LogP) is 2.95.